The zero-order chi connectivity index (χ0) is 13.2. The highest BCUT2D eigenvalue weighted by Crippen LogP contribution is 2.16. The van der Waals surface area contributed by atoms with Crippen molar-refractivity contribution in [1.29, 1.82) is 0 Å². The number of nitrogens with one attached hydrogen (secondary N) is 1. The molecule has 2 atom stereocenters. The predicted molar refractivity (Wildman–Crippen MR) is 61.8 cm³/mol. The molecule has 0 aromatic rings. The second-order valence-corrected chi connectivity index (χ2v) is 5.37. The standard InChI is InChI=1S/C11H20N2O4/c1-11(2,3)17-10(16)12-7-5-8(9(14)15)13(4)6-7/h7-8H,5-6H2,1-4H3,(H,12,16)(H,14,15). The molecule has 2 unspecified atom stereocenters. The minimum atomic E-state index is -0.860. The van der Waals surface area contributed by atoms with Crippen LogP contribution in [0.1, 0.15) is 27.2 Å². The fourth-order valence-electron chi connectivity index (χ4n) is 1.87. The molecule has 0 spiro atoms. The highest BCUT2D eigenvalue weighted by Gasteiger charge is 2.35. The number of nitrogens with zero attached hydrogens (tertiary/aromatic N) is 1. The molecule has 0 aliphatic carbocycles. The van der Waals surface area contributed by atoms with E-state index in [0.717, 1.165) is 0 Å². The van der Waals surface area contributed by atoms with Gasteiger partial charge in [-0.25, -0.2) is 4.79 Å². The SMILES string of the molecule is CN1CC(NC(=O)OC(C)(C)C)CC1C(=O)O. The Morgan fingerprint density at radius 2 is 2.00 bits per heavy atom. The number of amides is 1. The summed E-state index contributed by atoms with van der Waals surface area (Å²) >= 11 is 0. The molecule has 0 saturated carbocycles. The van der Waals surface area contributed by atoms with Gasteiger partial charge >= 0.3 is 12.1 Å². The predicted octanol–water partition coefficient (Wildman–Crippen LogP) is 0.668. The zero-order valence-electron chi connectivity index (χ0n) is 10.7. The molecule has 6 heteroatoms. The van der Waals surface area contributed by atoms with Crippen molar-refractivity contribution in [2.45, 2.75) is 44.9 Å². The first-order valence-corrected chi connectivity index (χ1v) is 5.61. The first-order chi connectivity index (χ1) is 7.69. The number of carboxylic acid groups (broad SMARTS) is 1. The average molecular weight is 244 g/mol. The molecule has 1 fully saturated rings. The molecule has 1 heterocycles. The number of aliphatic carboxylic acids is 1. The third-order valence-corrected chi connectivity index (χ3v) is 2.55. The van der Waals surface area contributed by atoms with Crippen molar-refractivity contribution >= 4 is 12.1 Å². The van der Waals surface area contributed by atoms with Gasteiger partial charge in [-0.05, 0) is 34.2 Å². The summed E-state index contributed by atoms with van der Waals surface area (Å²) in [5.74, 6) is -0.860. The first-order valence-electron chi connectivity index (χ1n) is 5.61. The molecule has 0 aromatic carbocycles. The lowest BCUT2D eigenvalue weighted by atomic mass is 10.2. The minimum Gasteiger partial charge on any atom is -0.480 e. The number of ether oxygens (including phenoxy) is 1. The van der Waals surface area contributed by atoms with Crippen LogP contribution in [0.25, 0.3) is 0 Å². The maximum Gasteiger partial charge on any atom is 0.407 e. The Labute approximate surface area is 101 Å². The van der Waals surface area contributed by atoms with Crippen LogP contribution >= 0.6 is 0 Å². The molecule has 1 amide bonds. The van der Waals surface area contributed by atoms with Gasteiger partial charge in [-0.2, -0.15) is 0 Å². The van der Waals surface area contributed by atoms with E-state index >= 15 is 0 Å². The van der Waals surface area contributed by atoms with E-state index in [4.69, 9.17) is 9.84 Å². The Hall–Kier alpha value is -1.30. The van der Waals surface area contributed by atoms with Crippen LogP contribution in [0.5, 0.6) is 0 Å². The average Bonchev–Trinajstić information content (AvgIpc) is 2.42. The van der Waals surface area contributed by atoms with E-state index in [1.54, 1.807) is 32.7 Å². The Morgan fingerprint density at radius 3 is 2.41 bits per heavy atom. The van der Waals surface area contributed by atoms with Gasteiger partial charge in [-0.1, -0.05) is 0 Å². The van der Waals surface area contributed by atoms with Crippen LogP contribution in [-0.2, 0) is 9.53 Å². The second-order valence-electron chi connectivity index (χ2n) is 5.37. The third-order valence-electron chi connectivity index (χ3n) is 2.55. The minimum absolute atomic E-state index is 0.170. The smallest absolute Gasteiger partial charge is 0.407 e. The maximum atomic E-state index is 11.5. The lowest BCUT2D eigenvalue weighted by Crippen LogP contribution is -2.40. The van der Waals surface area contributed by atoms with Crippen molar-refractivity contribution < 1.29 is 19.4 Å². The highest BCUT2D eigenvalue weighted by atomic mass is 16.6. The molecule has 1 saturated heterocycles. The summed E-state index contributed by atoms with van der Waals surface area (Å²) in [4.78, 5) is 24.1. The zero-order valence-corrected chi connectivity index (χ0v) is 10.7. The molecule has 17 heavy (non-hydrogen) atoms. The number of carbonyl (C=O) groups excluding carboxylic acids is 1. The number of hydrogen-bond acceptors (Lipinski definition) is 4. The molecule has 1 aliphatic rings. The van der Waals surface area contributed by atoms with Crippen LogP contribution in [0, 0.1) is 0 Å². The largest absolute Gasteiger partial charge is 0.480 e. The Bertz CT molecular complexity index is 311. The van der Waals surface area contributed by atoms with E-state index in [0.29, 0.717) is 13.0 Å². The van der Waals surface area contributed by atoms with E-state index in [2.05, 4.69) is 5.32 Å². The third kappa shape index (κ3) is 4.22. The van der Waals surface area contributed by atoms with Crippen LogP contribution < -0.4 is 5.32 Å². The van der Waals surface area contributed by atoms with Crippen LogP contribution in [-0.4, -0.2) is 53.3 Å². The Morgan fingerprint density at radius 1 is 1.41 bits per heavy atom. The van der Waals surface area contributed by atoms with E-state index < -0.39 is 23.7 Å². The van der Waals surface area contributed by atoms with Crippen molar-refractivity contribution in [2.24, 2.45) is 0 Å². The summed E-state index contributed by atoms with van der Waals surface area (Å²) in [5.41, 5.74) is -0.541. The van der Waals surface area contributed by atoms with Crippen LogP contribution in [0.2, 0.25) is 0 Å². The summed E-state index contributed by atoms with van der Waals surface area (Å²) in [6.07, 6.45) is -0.0904. The number of carboxylic acids is 1. The molecular formula is C11H20N2O4. The summed E-state index contributed by atoms with van der Waals surface area (Å²) in [6.45, 7) is 5.88. The first kappa shape index (κ1) is 13.8. The van der Waals surface area contributed by atoms with E-state index in [1.165, 1.54) is 0 Å². The van der Waals surface area contributed by atoms with Crippen LogP contribution in [0.4, 0.5) is 4.79 Å². The van der Waals surface area contributed by atoms with Gasteiger partial charge in [0.2, 0.25) is 0 Å². The normalized spacial score (nSPS) is 25.6. The summed E-state index contributed by atoms with van der Waals surface area (Å²) in [7, 11) is 1.73. The van der Waals surface area contributed by atoms with Crippen LogP contribution in [0.15, 0.2) is 0 Å². The number of alkyl carbamates (subject to hydrolysis) is 1. The molecule has 0 bridgehead atoms. The lowest BCUT2D eigenvalue weighted by molar-refractivity contribution is -0.141. The maximum absolute atomic E-state index is 11.5. The molecule has 6 nitrogen and oxygen atoms in total. The van der Waals surface area contributed by atoms with Crippen molar-refractivity contribution in [2.75, 3.05) is 13.6 Å². The van der Waals surface area contributed by atoms with Crippen LogP contribution in [0.3, 0.4) is 0 Å². The number of likely N-dealkylation sites (N-methyl/N-ethyl adjacent to an activating group) is 1. The molecular weight excluding hydrogens is 224 g/mol. The van der Waals surface area contributed by atoms with E-state index in [1.807, 2.05) is 0 Å². The van der Waals surface area contributed by atoms with Gasteiger partial charge in [0.15, 0.2) is 0 Å². The summed E-state index contributed by atoms with van der Waals surface area (Å²) in [5, 5.41) is 11.6. The molecule has 1 aliphatic heterocycles. The number of rotatable bonds is 2. The Kier molecular flexibility index (Phi) is 3.98. The number of carbonyl (C=O) groups is 2. The fourth-order valence-corrected chi connectivity index (χ4v) is 1.87. The fraction of sp³-hybridized carbons (Fsp3) is 0.818. The van der Waals surface area contributed by atoms with E-state index in [9.17, 15) is 9.59 Å². The topological polar surface area (TPSA) is 78.9 Å². The molecule has 2 N–H and O–H groups in total. The van der Waals surface area contributed by atoms with E-state index in [-0.39, 0.29) is 6.04 Å². The summed E-state index contributed by atoms with van der Waals surface area (Å²) < 4.78 is 5.11. The van der Waals surface area contributed by atoms with Gasteiger partial charge in [-0.15, -0.1) is 0 Å². The number of likely N-dealkylation sites (tertiary alicyclic amines) is 1. The quantitative estimate of drug-likeness (QED) is 0.746. The van der Waals surface area contributed by atoms with Gasteiger partial charge in [-0.3, -0.25) is 9.69 Å². The van der Waals surface area contributed by atoms with Crippen molar-refractivity contribution in [3.63, 3.8) is 0 Å². The van der Waals surface area contributed by atoms with Crippen molar-refractivity contribution in [3.8, 4) is 0 Å². The van der Waals surface area contributed by atoms with Crippen molar-refractivity contribution in [3.05, 3.63) is 0 Å². The van der Waals surface area contributed by atoms with Gasteiger partial charge < -0.3 is 15.2 Å². The highest BCUT2D eigenvalue weighted by molar-refractivity contribution is 5.74. The number of hydrogen-bond donors (Lipinski definition) is 2. The van der Waals surface area contributed by atoms with Gasteiger partial charge in [0.05, 0.1) is 0 Å². The van der Waals surface area contributed by atoms with Gasteiger partial charge in [0, 0.05) is 12.6 Å². The molecule has 0 radical (unpaired) electrons. The van der Waals surface area contributed by atoms with Gasteiger partial charge in [0.25, 0.3) is 0 Å². The lowest BCUT2D eigenvalue weighted by Gasteiger charge is -2.21. The molecule has 1 rings (SSSR count). The molecule has 0 aromatic heterocycles. The Balaban J connectivity index is 2.45. The van der Waals surface area contributed by atoms with Gasteiger partial charge in [0.1, 0.15) is 11.6 Å². The molecule has 98 valence electrons. The second kappa shape index (κ2) is 4.91. The monoisotopic (exact) mass is 244 g/mol. The van der Waals surface area contributed by atoms with Crippen molar-refractivity contribution in [1.82, 2.24) is 10.2 Å². The summed E-state index contributed by atoms with van der Waals surface area (Å²) in [6, 6.07) is -0.703.